The van der Waals surface area contributed by atoms with Gasteiger partial charge in [0, 0.05) is 6.04 Å². The van der Waals surface area contributed by atoms with Crippen molar-refractivity contribution < 1.29 is 24.3 Å². The lowest BCUT2D eigenvalue weighted by molar-refractivity contribution is -0.150. The van der Waals surface area contributed by atoms with Gasteiger partial charge in [-0.3, -0.25) is 24.6 Å². The van der Waals surface area contributed by atoms with Crippen molar-refractivity contribution in [2.45, 2.75) is 32.7 Å². The number of carboxylic acids is 1. The fourth-order valence-corrected chi connectivity index (χ4v) is 1.59. The smallest absolute Gasteiger partial charge is 0.331 e. The fourth-order valence-electron chi connectivity index (χ4n) is 1.59. The molecule has 1 fully saturated rings. The highest BCUT2D eigenvalue weighted by Crippen LogP contribution is 2.17. The van der Waals surface area contributed by atoms with E-state index in [0.29, 0.717) is 6.42 Å². The van der Waals surface area contributed by atoms with Crippen LogP contribution in [0.25, 0.3) is 0 Å². The molecule has 4 amide bonds. The van der Waals surface area contributed by atoms with E-state index in [4.69, 9.17) is 5.11 Å². The number of rotatable bonds is 4. The normalized spacial score (nSPS) is 22.4. The van der Waals surface area contributed by atoms with Crippen molar-refractivity contribution in [2.75, 3.05) is 0 Å². The summed E-state index contributed by atoms with van der Waals surface area (Å²) in [6.07, 6.45) is -0.0714. The number of nitrogens with zero attached hydrogens (tertiary/aromatic N) is 1. The summed E-state index contributed by atoms with van der Waals surface area (Å²) in [4.78, 5) is 46.2. The lowest BCUT2D eigenvalue weighted by Crippen LogP contribution is -2.60. The molecule has 0 radical (unpaired) electrons. The Labute approximate surface area is 97.8 Å². The van der Waals surface area contributed by atoms with Crippen LogP contribution in [0.2, 0.25) is 0 Å². The molecule has 2 atom stereocenters. The number of amides is 4. The van der Waals surface area contributed by atoms with E-state index in [2.05, 4.69) is 0 Å². The molecule has 0 saturated carbocycles. The van der Waals surface area contributed by atoms with E-state index in [-0.39, 0.29) is 6.04 Å². The second-order valence-corrected chi connectivity index (χ2v) is 3.91. The molecule has 17 heavy (non-hydrogen) atoms. The summed E-state index contributed by atoms with van der Waals surface area (Å²) in [5, 5.41) is 10.6. The lowest BCUT2D eigenvalue weighted by atomic mass is 9.99. The Morgan fingerprint density at radius 2 is 2.06 bits per heavy atom. The van der Waals surface area contributed by atoms with Crippen molar-refractivity contribution in [3.63, 3.8) is 0 Å². The zero-order valence-electron chi connectivity index (χ0n) is 9.60. The molecule has 1 rings (SSSR count). The van der Waals surface area contributed by atoms with Crippen molar-refractivity contribution in [3.8, 4) is 0 Å². The van der Waals surface area contributed by atoms with Crippen LogP contribution in [0.5, 0.6) is 0 Å². The number of hydrogen-bond acceptors (Lipinski definition) is 4. The predicted octanol–water partition coefficient (Wildman–Crippen LogP) is -0.0458. The Morgan fingerprint density at radius 3 is 2.53 bits per heavy atom. The van der Waals surface area contributed by atoms with Crippen LogP contribution in [0.1, 0.15) is 26.7 Å². The van der Waals surface area contributed by atoms with E-state index in [1.165, 1.54) is 0 Å². The molecule has 1 heterocycles. The highest BCUT2D eigenvalue weighted by Gasteiger charge is 2.42. The maximum atomic E-state index is 11.9. The fraction of sp³-hybridized carbons (Fsp3) is 0.600. The van der Waals surface area contributed by atoms with Crippen LogP contribution in [0.3, 0.4) is 0 Å². The predicted molar refractivity (Wildman–Crippen MR) is 55.9 cm³/mol. The van der Waals surface area contributed by atoms with E-state index in [1.54, 1.807) is 13.8 Å². The molecule has 0 aromatic heterocycles. The Kier molecular flexibility index (Phi) is 3.82. The first-order chi connectivity index (χ1) is 7.88. The maximum Gasteiger partial charge on any atom is 0.331 e. The number of carboxylic acid groups (broad SMARTS) is 1. The monoisotopic (exact) mass is 242 g/mol. The largest absolute Gasteiger partial charge is 0.481 e. The standard InChI is InChI=1S/C10H14N2O5/c1-3-5(2)12-9(16)6(4-7(13)14)8(15)11-10(12)17/h5-6H,3-4H2,1-2H3,(H,13,14)(H,11,15,17). The number of carbonyl (C=O) groups is 4. The highest BCUT2D eigenvalue weighted by molar-refractivity contribution is 6.17. The first-order valence-electron chi connectivity index (χ1n) is 5.28. The van der Waals surface area contributed by atoms with Crippen LogP contribution in [0.4, 0.5) is 4.79 Å². The molecule has 1 saturated heterocycles. The van der Waals surface area contributed by atoms with Crippen molar-refractivity contribution in [1.29, 1.82) is 0 Å². The zero-order chi connectivity index (χ0) is 13.2. The molecule has 2 N–H and O–H groups in total. The molecular formula is C10H14N2O5. The van der Waals surface area contributed by atoms with Crippen molar-refractivity contribution in [1.82, 2.24) is 10.2 Å². The molecule has 0 aromatic carbocycles. The molecule has 0 spiro atoms. The van der Waals surface area contributed by atoms with Gasteiger partial charge in [0.1, 0.15) is 5.92 Å². The summed E-state index contributed by atoms with van der Waals surface area (Å²) >= 11 is 0. The Bertz CT molecular complexity index is 379. The molecule has 94 valence electrons. The van der Waals surface area contributed by atoms with Gasteiger partial charge >= 0.3 is 12.0 Å². The van der Waals surface area contributed by atoms with Crippen LogP contribution >= 0.6 is 0 Å². The molecule has 7 heteroatoms. The minimum Gasteiger partial charge on any atom is -0.481 e. The number of hydrogen-bond donors (Lipinski definition) is 2. The molecule has 0 aromatic rings. The average molecular weight is 242 g/mol. The summed E-state index contributed by atoms with van der Waals surface area (Å²) in [6.45, 7) is 3.44. The van der Waals surface area contributed by atoms with Crippen LogP contribution in [-0.4, -0.2) is 39.9 Å². The van der Waals surface area contributed by atoms with E-state index in [0.717, 1.165) is 4.90 Å². The Hall–Kier alpha value is -1.92. The Morgan fingerprint density at radius 1 is 1.47 bits per heavy atom. The minimum atomic E-state index is -1.32. The van der Waals surface area contributed by atoms with E-state index < -0.39 is 36.2 Å². The van der Waals surface area contributed by atoms with E-state index in [9.17, 15) is 19.2 Å². The summed E-state index contributed by atoms with van der Waals surface area (Å²) < 4.78 is 0. The average Bonchev–Trinajstić information content (AvgIpc) is 2.23. The summed E-state index contributed by atoms with van der Waals surface area (Å²) in [6, 6.07) is -1.15. The second kappa shape index (κ2) is 4.94. The molecule has 1 aliphatic rings. The van der Waals surface area contributed by atoms with E-state index in [1.807, 2.05) is 5.32 Å². The SMILES string of the molecule is CCC(C)N1C(=O)NC(=O)C(CC(=O)O)C1=O. The molecule has 1 aliphatic heterocycles. The first kappa shape index (κ1) is 13.1. The maximum absolute atomic E-state index is 11.9. The molecule has 2 unspecified atom stereocenters. The van der Waals surface area contributed by atoms with Gasteiger partial charge in [0.15, 0.2) is 0 Å². The molecule has 7 nitrogen and oxygen atoms in total. The number of aliphatic carboxylic acids is 1. The molecule has 0 bridgehead atoms. The Balaban J connectivity index is 2.95. The highest BCUT2D eigenvalue weighted by atomic mass is 16.4. The van der Waals surface area contributed by atoms with Gasteiger partial charge in [-0.15, -0.1) is 0 Å². The van der Waals surface area contributed by atoms with Crippen LogP contribution in [-0.2, 0) is 14.4 Å². The van der Waals surface area contributed by atoms with Gasteiger partial charge in [0.2, 0.25) is 11.8 Å². The van der Waals surface area contributed by atoms with Gasteiger partial charge in [-0.25, -0.2) is 4.79 Å². The van der Waals surface area contributed by atoms with Gasteiger partial charge in [-0.2, -0.15) is 0 Å². The molecule has 0 aliphatic carbocycles. The second-order valence-electron chi connectivity index (χ2n) is 3.91. The van der Waals surface area contributed by atoms with Crippen LogP contribution < -0.4 is 5.32 Å². The number of carbonyl (C=O) groups excluding carboxylic acids is 3. The zero-order valence-corrected chi connectivity index (χ0v) is 9.60. The topological polar surface area (TPSA) is 104 Å². The quantitative estimate of drug-likeness (QED) is 0.673. The van der Waals surface area contributed by atoms with Crippen LogP contribution in [0.15, 0.2) is 0 Å². The van der Waals surface area contributed by atoms with Gasteiger partial charge in [-0.1, -0.05) is 6.92 Å². The third kappa shape index (κ3) is 2.61. The number of urea groups is 1. The first-order valence-corrected chi connectivity index (χ1v) is 5.28. The third-order valence-electron chi connectivity index (χ3n) is 2.71. The van der Waals surface area contributed by atoms with E-state index >= 15 is 0 Å². The minimum absolute atomic E-state index is 0.369. The third-order valence-corrected chi connectivity index (χ3v) is 2.71. The summed E-state index contributed by atoms with van der Waals surface area (Å²) in [5.74, 6) is -4.16. The van der Waals surface area contributed by atoms with Gasteiger partial charge in [0.05, 0.1) is 6.42 Å². The molecular weight excluding hydrogens is 228 g/mol. The number of barbiturate groups is 1. The summed E-state index contributed by atoms with van der Waals surface area (Å²) in [5.41, 5.74) is 0. The summed E-state index contributed by atoms with van der Waals surface area (Å²) in [7, 11) is 0. The van der Waals surface area contributed by atoms with Crippen molar-refractivity contribution in [2.24, 2.45) is 5.92 Å². The number of nitrogens with one attached hydrogen (secondary N) is 1. The lowest BCUT2D eigenvalue weighted by Gasteiger charge is -2.33. The van der Waals surface area contributed by atoms with Crippen LogP contribution in [0, 0.1) is 5.92 Å². The van der Waals surface area contributed by atoms with Gasteiger partial charge < -0.3 is 5.11 Å². The van der Waals surface area contributed by atoms with Gasteiger partial charge in [0.25, 0.3) is 0 Å². The van der Waals surface area contributed by atoms with Crippen molar-refractivity contribution in [3.05, 3.63) is 0 Å². The number of imide groups is 2. The van der Waals surface area contributed by atoms with Gasteiger partial charge in [-0.05, 0) is 13.3 Å². The van der Waals surface area contributed by atoms with Crippen molar-refractivity contribution >= 4 is 23.8 Å².